The Labute approximate surface area is 164 Å². The van der Waals surface area contributed by atoms with Crippen molar-refractivity contribution >= 4 is 17.4 Å². The van der Waals surface area contributed by atoms with E-state index in [1.165, 1.54) is 18.5 Å². The van der Waals surface area contributed by atoms with E-state index in [1.807, 2.05) is 32.9 Å². The third-order valence-corrected chi connectivity index (χ3v) is 4.56. The molecule has 0 bridgehead atoms. The summed E-state index contributed by atoms with van der Waals surface area (Å²) in [5.74, 6) is 0.222. The van der Waals surface area contributed by atoms with Gasteiger partial charge in [-0.2, -0.15) is 0 Å². The van der Waals surface area contributed by atoms with Gasteiger partial charge in [0.05, 0.1) is 5.69 Å². The van der Waals surface area contributed by atoms with Gasteiger partial charge in [0.1, 0.15) is 18.0 Å². The normalized spacial score (nSPS) is 11.1. The minimum Gasteiger partial charge on any atom is -0.347 e. The number of rotatable bonds is 6. The van der Waals surface area contributed by atoms with Gasteiger partial charge in [-0.3, -0.25) is 4.79 Å². The summed E-state index contributed by atoms with van der Waals surface area (Å²) < 4.78 is 13.1. The number of amides is 1. The van der Waals surface area contributed by atoms with Crippen molar-refractivity contribution < 1.29 is 9.18 Å². The number of aromatic nitrogens is 2. The smallest absolute Gasteiger partial charge is 0.251 e. The zero-order valence-electron chi connectivity index (χ0n) is 16.2. The molecule has 0 spiro atoms. The number of benzene rings is 2. The molecule has 0 saturated heterocycles. The predicted octanol–water partition coefficient (Wildman–Crippen LogP) is 4.94. The van der Waals surface area contributed by atoms with Crippen molar-refractivity contribution in [1.29, 1.82) is 0 Å². The maximum absolute atomic E-state index is 13.1. The first-order valence-electron chi connectivity index (χ1n) is 9.14. The van der Waals surface area contributed by atoms with Crippen LogP contribution in [0.15, 0.2) is 60.9 Å². The molecule has 0 unspecified atom stereocenters. The quantitative estimate of drug-likeness (QED) is 0.637. The predicted molar refractivity (Wildman–Crippen MR) is 109 cm³/mol. The third kappa shape index (κ3) is 4.91. The highest BCUT2D eigenvalue weighted by Gasteiger charge is 2.18. The van der Waals surface area contributed by atoms with Gasteiger partial charge < -0.3 is 10.6 Å². The first-order valence-corrected chi connectivity index (χ1v) is 9.14. The molecular formula is C22H23FN4O. The lowest BCUT2D eigenvalue weighted by Gasteiger charge is -2.24. The van der Waals surface area contributed by atoms with Crippen molar-refractivity contribution in [3.05, 3.63) is 72.3 Å². The maximum Gasteiger partial charge on any atom is 0.251 e. The molecule has 0 radical (unpaired) electrons. The Bertz CT molecular complexity index is 953. The van der Waals surface area contributed by atoms with Gasteiger partial charge in [-0.25, -0.2) is 14.4 Å². The molecule has 0 aliphatic carbocycles. The van der Waals surface area contributed by atoms with Gasteiger partial charge in [0.15, 0.2) is 0 Å². The summed E-state index contributed by atoms with van der Waals surface area (Å²) in [6.07, 6.45) is 2.30. The van der Waals surface area contributed by atoms with Crippen molar-refractivity contribution in [2.75, 3.05) is 5.32 Å². The Morgan fingerprint density at radius 3 is 2.36 bits per heavy atom. The van der Waals surface area contributed by atoms with Gasteiger partial charge >= 0.3 is 0 Å². The summed E-state index contributed by atoms with van der Waals surface area (Å²) >= 11 is 0. The topological polar surface area (TPSA) is 66.9 Å². The van der Waals surface area contributed by atoms with Gasteiger partial charge in [-0.15, -0.1) is 0 Å². The molecule has 0 fully saturated rings. The molecule has 0 atom stereocenters. The standard InChI is InChI=1S/C22H23FN4O/c1-4-22(2,3)27-21(28)16-7-11-18(12-8-16)26-20-13-19(24-14-25-20)15-5-9-17(23)10-6-15/h5-14H,4H2,1-3H3,(H,27,28)(H,24,25,26). The molecule has 2 N–H and O–H groups in total. The zero-order valence-corrected chi connectivity index (χ0v) is 16.2. The summed E-state index contributed by atoms with van der Waals surface area (Å²) in [4.78, 5) is 20.8. The van der Waals surface area contributed by atoms with Gasteiger partial charge in [0, 0.05) is 28.4 Å². The second-order valence-corrected chi connectivity index (χ2v) is 7.19. The van der Waals surface area contributed by atoms with Crippen LogP contribution in [-0.4, -0.2) is 21.4 Å². The van der Waals surface area contributed by atoms with Crippen molar-refractivity contribution in [3.8, 4) is 11.3 Å². The number of anilines is 2. The van der Waals surface area contributed by atoms with Gasteiger partial charge in [0.2, 0.25) is 0 Å². The van der Waals surface area contributed by atoms with Crippen LogP contribution in [0.2, 0.25) is 0 Å². The van der Waals surface area contributed by atoms with Crippen molar-refractivity contribution in [2.24, 2.45) is 0 Å². The number of carbonyl (C=O) groups is 1. The van der Waals surface area contributed by atoms with Crippen LogP contribution in [-0.2, 0) is 0 Å². The van der Waals surface area contributed by atoms with E-state index in [-0.39, 0.29) is 17.3 Å². The van der Waals surface area contributed by atoms with Crippen molar-refractivity contribution in [1.82, 2.24) is 15.3 Å². The lowest BCUT2D eigenvalue weighted by atomic mass is 10.0. The lowest BCUT2D eigenvalue weighted by molar-refractivity contribution is 0.0911. The largest absolute Gasteiger partial charge is 0.347 e. The van der Waals surface area contributed by atoms with Crippen LogP contribution >= 0.6 is 0 Å². The fraction of sp³-hybridized carbons (Fsp3) is 0.227. The van der Waals surface area contributed by atoms with E-state index in [0.717, 1.165) is 17.7 Å². The van der Waals surface area contributed by atoms with Crippen molar-refractivity contribution in [3.63, 3.8) is 0 Å². The summed E-state index contributed by atoms with van der Waals surface area (Å²) in [7, 11) is 0. The van der Waals surface area contributed by atoms with Crippen LogP contribution in [0.25, 0.3) is 11.3 Å². The SMILES string of the molecule is CCC(C)(C)NC(=O)c1ccc(Nc2cc(-c3ccc(F)cc3)ncn2)cc1. The fourth-order valence-electron chi connectivity index (χ4n) is 2.52. The third-order valence-electron chi connectivity index (χ3n) is 4.56. The Morgan fingerprint density at radius 2 is 1.71 bits per heavy atom. The molecule has 144 valence electrons. The number of hydrogen-bond acceptors (Lipinski definition) is 4. The van der Waals surface area contributed by atoms with Crippen LogP contribution in [0.1, 0.15) is 37.6 Å². The van der Waals surface area contributed by atoms with Gasteiger partial charge in [-0.05, 0) is 68.8 Å². The van der Waals surface area contributed by atoms with E-state index >= 15 is 0 Å². The second kappa shape index (κ2) is 8.17. The molecule has 1 amide bonds. The number of halogens is 1. The number of hydrogen-bond donors (Lipinski definition) is 2. The Hall–Kier alpha value is -3.28. The number of carbonyl (C=O) groups excluding carboxylic acids is 1. The minimum absolute atomic E-state index is 0.0981. The van der Waals surface area contributed by atoms with E-state index in [9.17, 15) is 9.18 Å². The first-order chi connectivity index (χ1) is 13.4. The molecule has 28 heavy (non-hydrogen) atoms. The van der Waals surface area contributed by atoms with Crippen LogP contribution in [0.3, 0.4) is 0 Å². The Balaban J connectivity index is 1.71. The maximum atomic E-state index is 13.1. The molecular weight excluding hydrogens is 355 g/mol. The molecule has 3 aromatic rings. The summed E-state index contributed by atoms with van der Waals surface area (Å²) in [6, 6.07) is 15.1. The summed E-state index contributed by atoms with van der Waals surface area (Å²) in [5.41, 5.74) is 2.65. The average molecular weight is 378 g/mol. The molecule has 0 aliphatic heterocycles. The Kier molecular flexibility index (Phi) is 5.68. The van der Waals surface area contributed by atoms with Crippen molar-refractivity contribution in [2.45, 2.75) is 32.7 Å². The molecule has 5 nitrogen and oxygen atoms in total. The van der Waals surface area contributed by atoms with E-state index in [0.29, 0.717) is 17.1 Å². The van der Waals surface area contributed by atoms with Crippen LogP contribution < -0.4 is 10.6 Å². The molecule has 1 heterocycles. The Morgan fingerprint density at radius 1 is 1.04 bits per heavy atom. The minimum atomic E-state index is -0.289. The zero-order chi connectivity index (χ0) is 20.1. The summed E-state index contributed by atoms with van der Waals surface area (Å²) in [6.45, 7) is 6.03. The first kappa shape index (κ1) is 19.5. The van der Waals surface area contributed by atoms with E-state index < -0.39 is 0 Å². The van der Waals surface area contributed by atoms with Crippen LogP contribution in [0.4, 0.5) is 15.9 Å². The lowest BCUT2D eigenvalue weighted by Crippen LogP contribution is -2.42. The average Bonchev–Trinajstić information content (AvgIpc) is 2.69. The van der Waals surface area contributed by atoms with Crippen LogP contribution in [0.5, 0.6) is 0 Å². The van der Waals surface area contributed by atoms with E-state index in [2.05, 4.69) is 20.6 Å². The highest BCUT2D eigenvalue weighted by Crippen LogP contribution is 2.22. The molecule has 1 aromatic heterocycles. The van der Waals surface area contributed by atoms with Gasteiger partial charge in [-0.1, -0.05) is 6.92 Å². The molecule has 6 heteroatoms. The second-order valence-electron chi connectivity index (χ2n) is 7.19. The molecule has 2 aromatic carbocycles. The molecule has 0 aliphatic rings. The number of nitrogens with one attached hydrogen (secondary N) is 2. The highest BCUT2D eigenvalue weighted by molar-refractivity contribution is 5.95. The monoisotopic (exact) mass is 378 g/mol. The summed E-state index contributed by atoms with van der Waals surface area (Å²) in [5, 5.41) is 6.21. The van der Waals surface area contributed by atoms with E-state index in [4.69, 9.17) is 0 Å². The van der Waals surface area contributed by atoms with Crippen LogP contribution in [0, 0.1) is 5.82 Å². The van der Waals surface area contributed by atoms with E-state index in [1.54, 1.807) is 30.3 Å². The van der Waals surface area contributed by atoms with Gasteiger partial charge in [0.25, 0.3) is 5.91 Å². The highest BCUT2D eigenvalue weighted by atomic mass is 19.1. The molecule has 3 rings (SSSR count). The number of nitrogens with zero attached hydrogens (tertiary/aromatic N) is 2. The fourth-order valence-corrected chi connectivity index (χ4v) is 2.52. The molecule has 0 saturated carbocycles.